The average Bonchev–Trinajstić information content (AvgIpc) is 3.27. The molecule has 4 aromatic rings. The van der Waals surface area contributed by atoms with Crippen molar-refractivity contribution in [2.75, 3.05) is 11.1 Å². The summed E-state index contributed by atoms with van der Waals surface area (Å²) in [4.78, 5) is 17.3. The Labute approximate surface area is 161 Å². The van der Waals surface area contributed by atoms with E-state index in [0.717, 1.165) is 10.9 Å². The Hall–Kier alpha value is -3.75. The maximum absolute atomic E-state index is 12.8. The van der Waals surface area contributed by atoms with Crippen LogP contribution >= 0.6 is 0 Å². The van der Waals surface area contributed by atoms with E-state index >= 15 is 0 Å². The van der Waals surface area contributed by atoms with Crippen molar-refractivity contribution in [2.24, 2.45) is 0 Å². The summed E-state index contributed by atoms with van der Waals surface area (Å²) in [7, 11) is 0. The van der Waals surface area contributed by atoms with E-state index in [2.05, 4.69) is 25.6 Å². The number of fused-ring (bicyclic) bond motifs is 1. The highest BCUT2D eigenvalue weighted by Crippen LogP contribution is 2.23. The number of carbonyl (C=O) groups excluding carboxylic acids is 1. The second kappa shape index (κ2) is 6.76. The molecule has 28 heavy (non-hydrogen) atoms. The third-order valence-electron chi connectivity index (χ3n) is 4.40. The second-order valence-electron chi connectivity index (χ2n) is 6.81. The Balaban J connectivity index is 1.66. The second-order valence-corrected chi connectivity index (χ2v) is 6.81. The Morgan fingerprint density at radius 1 is 1.21 bits per heavy atom. The van der Waals surface area contributed by atoms with Gasteiger partial charge in [-0.25, -0.2) is 9.78 Å². The van der Waals surface area contributed by atoms with Crippen LogP contribution in [0.4, 0.5) is 16.4 Å². The van der Waals surface area contributed by atoms with Gasteiger partial charge < -0.3 is 10.3 Å². The van der Waals surface area contributed by atoms with Gasteiger partial charge in [0.1, 0.15) is 17.8 Å². The van der Waals surface area contributed by atoms with Crippen LogP contribution in [0.2, 0.25) is 0 Å². The number of aromatic nitrogens is 6. The zero-order valence-electron chi connectivity index (χ0n) is 15.8. The van der Waals surface area contributed by atoms with E-state index in [0.29, 0.717) is 28.7 Å². The van der Waals surface area contributed by atoms with Crippen LogP contribution in [0.15, 0.2) is 42.7 Å². The molecule has 3 aromatic heterocycles. The molecule has 0 radical (unpaired) electrons. The van der Waals surface area contributed by atoms with E-state index in [4.69, 9.17) is 5.73 Å². The molecule has 142 valence electrons. The molecule has 9 heteroatoms. The molecule has 0 aliphatic heterocycles. The lowest BCUT2D eigenvalue weighted by molar-refractivity contribution is 0.252. The summed E-state index contributed by atoms with van der Waals surface area (Å²) in [6.45, 7) is 6.02. The smallest absolute Gasteiger partial charge is 0.348 e. The molecule has 1 aromatic carbocycles. The van der Waals surface area contributed by atoms with Crippen LogP contribution in [0.1, 0.15) is 25.5 Å². The first-order valence-electron chi connectivity index (χ1n) is 8.87. The van der Waals surface area contributed by atoms with Crippen LogP contribution in [-0.4, -0.2) is 35.6 Å². The minimum atomic E-state index is -0.442. The Morgan fingerprint density at radius 3 is 2.82 bits per heavy atom. The summed E-state index contributed by atoms with van der Waals surface area (Å²) < 4.78 is 3.17. The zero-order chi connectivity index (χ0) is 19.8. The number of pyridine rings is 1. The first-order chi connectivity index (χ1) is 13.4. The predicted octanol–water partition coefficient (Wildman–Crippen LogP) is 3.24. The van der Waals surface area contributed by atoms with Crippen molar-refractivity contribution in [3.05, 3.63) is 48.3 Å². The molecule has 9 nitrogen and oxygen atoms in total. The molecular weight excluding hydrogens is 356 g/mol. The first kappa shape index (κ1) is 17.7. The average molecular weight is 376 g/mol. The molecule has 3 N–H and O–H groups in total. The van der Waals surface area contributed by atoms with Crippen molar-refractivity contribution in [1.29, 1.82) is 0 Å². The number of anilines is 2. The van der Waals surface area contributed by atoms with Gasteiger partial charge in [-0.2, -0.15) is 4.68 Å². The van der Waals surface area contributed by atoms with Gasteiger partial charge in [-0.3, -0.25) is 5.32 Å². The number of amides is 1. The number of nitrogen functional groups attached to an aromatic ring is 1. The van der Waals surface area contributed by atoms with Gasteiger partial charge in [0.05, 0.1) is 5.52 Å². The number of rotatable bonds is 3. The number of benzene rings is 1. The van der Waals surface area contributed by atoms with Crippen molar-refractivity contribution in [1.82, 2.24) is 29.5 Å². The summed E-state index contributed by atoms with van der Waals surface area (Å²) >= 11 is 0. The van der Waals surface area contributed by atoms with Gasteiger partial charge in [-0.15, -0.1) is 15.3 Å². The van der Waals surface area contributed by atoms with Gasteiger partial charge in [-0.1, -0.05) is 12.1 Å². The third kappa shape index (κ3) is 3.07. The molecule has 0 saturated heterocycles. The standard InChI is InChI=1S/C19H20N8O/c1-11(2)26-10-21-24-18(26)14-5-4-6-16(22-14)23-19(28)27-15-9-12(3)7-8-13(15)17(20)25-27/h4-11H,1-3H3,(H2,20,25)(H,22,23,28). The molecule has 0 bridgehead atoms. The third-order valence-corrected chi connectivity index (χ3v) is 4.40. The fourth-order valence-electron chi connectivity index (χ4n) is 3.00. The van der Waals surface area contributed by atoms with Gasteiger partial charge in [0.15, 0.2) is 11.6 Å². The lowest BCUT2D eigenvalue weighted by Crippen LogP contribution is -2.21. The van der Waals surface area contributed by atoms with E-state index < -0.39 is 6.03 Å². The lowest BCUT2D eigenvalue weighted by Gasteiger charge is -2.10. The van der Waals surface area contributed by atoms with Crippen LogP contribution in [0.5, 0.6) is 0 Å². The summed E-state index contributed by atoms with van der Waals surface area (Å²) in [6.07, 6.45) is 1.66. The van der Waals surface area contributed by atoms with Crippen LogP contribution in [0.3, 0.4) is 0 Å². The normalized spacial score (nSPS) is 11.3. The Bertz CT molecular complexity index is 1170. The topological polar surface area (TPSA) is 117 Å². The van der Waals surface area contributed by atoms with Crippen LogP contribution in [-0.2, 0) is 0 Å². The summed E-state index contributed by atoms with van der Waals surface area (Å²) in [5.74, 6) is 1.32. The van der Waals surface area contributed by atoms with E-state index in [9.17, 15) is 4.79 Å². The number of nitrogens with one attached hydrogen (secondary N) is 1. The van der Waals surface area contributed by atoms with E-state index in [1.165, 1.54) is 4.68 Å². The maximum atomic E-state index is 12.8. The molecule has 0 fully saturated rings. The van der Waals surface area contributed by atoms with Crippen LogP contribution in [0.25, 0.3) is 22.4 Å². The van der Waals surface area contributed by atoms with Gasteiger partial charge in [-0.05, 0) is 50.6 Å². The molecule has 1 amide bonds. The van der Waals surface area contributed by atoms with Crippen LogP contribution < -0.4 is 11.1 Å². The van der Waals surface area contributed by atoms with Crippen molar-refractivity contribution in [2.45, 2.75) is 26.8 Å². The first-order valence-corrected chi connectivity index (χ1v) is 8.87. The van der Waals surface area contributed by atoms with E-state index in [1.807, 2.05) is 49.6 Å². The maximum Gasteiger partial charge on any atom is 0.348 e. The monoisotopic (exact) mass is 376 g/mol. The van der Waals surface area contributed by atoms with Crippen molar-refractivity contribution >= 4 is 28.6 Å². The van der Waals surface area contributed by atoms with E-state index in [-0.39, 0.29) is 6.04 Å². The highest BCUT2D eigenvalue weighted by Gasteiger charge is 2.16. The summed E-state index contributed by atoms with van der Waals surface area (Å²) in [5, 5.41) is 15.8. The highest BCUT2D eigenvalue weighted by atomic mass is 16.2. The molecule has 0 aliphatic carbocycles. The summed E-state index contributed by atoms with van der Waals surface area (Å²) in [6, 6.07) is 10.7. The molecule has 0 unspecified atom stereocenters. The highest BCUT2D eigenvalue weighted by molar-refractivity contribution is 6.00. The minimum Gasteiger partial charge on any atom is -0.382 e. The number of nitrogens with two attached hydrogens (primary N) is 1. The molecule has 0 atom stereocenters. The summed E-state index contributed by atoms with van der Waals surface area (Å²) in [5.41, 5.74) is 8.21. The lowest BCUT2D eigenvalue weighted by atomic mass is 10.2. The Kier molecular flexibility index (Phi) is 4.26. The van der Waals surface area contributed by atoms with Crippen LogP contribution in [0, 0.1) is 6.92 Å². The Morgan fingerprint density at radius 2 is 2.04 bits per heavy atom. The number of hydrogen-bond acceptors (Lipinski definition) is 6. The van der Waals surface area contributed by atoms with Gasteiger partial charge in [0.25, 0.3) is 0 Å². The number of hydrogen-bond donors (Lipinski definition) is 2. The zero-order valence-corrected chi connectivity index (χ0v) is 15.8. The minimum absolute atomic E-state index is 0.187. The van der Waals surface area contributed by atoms with Gasteiger partial charge in [0.2, 0.25) is 0 Å². The van der Waals surface area contributed by atoms with E-state index in [1.54, 1.807) is 18.5 Å². The van der Waals surface area contributed by atoms with Crippen molar-refractivity contribution < 1.29 is 4.79 Å². The number of nitrogens with zero attached hydrogens (tertiary/aromatic N) is 6. The van der Waals surface area contributed by atoms with Crippen molar-refractivity contribution in [3.8, 4) is 11.5 Å². The number of aryl methyl sites for hydroxylation is 1. The van der Waals surface area contributed by atoms with Gasteiger partial charge >= 0.3 is 6.03 Å². The molecule has 0 spiro atoms. The van der Waals surface area contributed by atoms with Crippen molar-refractivity contribution in [3.63, 3.8) is 0 Å². The SMILES string of the molecule is Cc1ccc2c(N)nn(C(=O)Nc3cccc(-c4nncn4C(C)C)n3)c2c1. The fraction of sp³-hybridized carbons (Fsp3) is 0.211. The molecule has 4 rings (SSSR count). The van der Waals surface area contributed by atoms with Gasteiger partial charge in [0, 0.05) is 11.4 Å². The predicted molar refractivity (Wildman–Crippen MR) is 107 cm³/mol. The largest absolute Gasteiger partial charge is 0.382 e. The quantitative estimate of drug-likeness (QED) is 0.567. The molecular formula is C19H20N8O. The molecule has 0 saturated carbocycles. The molecule has 3 heterocycles. The molecule has 0 aliphatic rings. The number of carbonyl (C=O) groups is 1. The fourth-order valence-corrected chi connectivity index (χ4v) is 3.00.